The summed E-state index contributed by atoms with van der Waals surface area (Å²) in [5.41, 5.74) is 11.6. The summed E-state index contributed by atoms with van der Waals surface area (Å²) in [5, 5.41) is 56.9. The molecule has 36 heavy (non-hydrogen) atoms. The SMILES string of the molecule is CC(C)C[C@@H](N)C(=O)N1C[C@H](CO)[C@@H](O)[C@H](O)C1.CC(C)C[C@H](N)C(=O)N1C[C@H](CO)[C@@H](O)[C@H](O)C1. The van der Waals surface area contributed by atoms with E-state index in [1.807, 2.05) is 27.7 Å². The Balaban J connectivity index is 0.000000360. The highest BCUT2D eigenvalue weighted by atomic mass is 16.3. The normalized spacial score (nSPS) is 30.6. The van der Waals surface area contributed by atoms with Crippen LogP contribution in [0.3, 0.4) is 0 Å². The molecular formula is C24H48N4O8. The van der Waals surface area contributed by atoms with Crippen molar-refractivity contribution in [3.05, 3.63) is 0 Å². The van der Waals surface area contributed by atoms with E-state index in [2.05, 4.69) is 0 Å². The van der Waals surface area contributed by atoms with Crippen molar-refractivity contribution in [3.8, 4) is 0 Å². The Morgan fingerprint density at radius 1 is 0.694 bits per heavy atom. The van der Waals surface area contributed by atoms with Gasteiger partial charge in [0.2, 0.25) is 11.8 Å². The molecule has 2 aliphatic rings. The topological polar surface area (TPSA) is 214 Å². The van der Waals surface area contributed by atoms with Crippen LogP contribution in [0.25, 0.3) is 0 Å². The summed E-state index contributed by atoms with van der Waals surface area (Å²) in [4.78, 5) is 27.0. The van der Waals surface area contributed by atoms with Crippen LogP contribution in [0, 0.1) is 23.7 Å². The number of piperidine rings is 2. The van der Waals surface area contributed by atoms with Gasteiger partial charge in [0.25, 0.3) is 0 Å². The fourth-order valence-electron chi connectivity index (χ4n) is 4.60. The molecule has 2 fully saturated rings. The highest BCUT2D eigenvalue weighted by molar-refractivity contribution is 5.82. The van der Waals surface area contributed by atoms with Gasteiger partial charge < -0.3 is 51.9 Å². The van der Waals surface area contributed by atoms with Gasteiger partial charge in [-0.25, -0.2) is 0 Å². The van der Waals surface area contributed by atoms with Crippen molar-refractivity contribution in [2.24, 2.45) is 35.1 Å². The van der Waals surface area contributed by atoms with E-state index in [9.17, 15) is 30.0 Å². The van der Waals surface area contributed by atoms with Crippen molar-refractivity contribution in [2.45, 2.75) is 77.0 Å². The molecule has 0 aromatic carbocycles. The summed E-state index contributed by atoms with van der Waals surface area (Å²) in [5.74, 6) is -0.843. The molecule has 10 N–H and O–H groups in total. The van der Waals surface area contributed by atoms with Crippen LogP contribution in [0.5, 0.6) is 0 Å². The van der Waals surface area contributed by atoms with Crippen LogP contribution in [0.2, 0.25) is 0 Å². The summed E-state index contributed by atoms with van der Waals surface area (Å²) in [7, 11) is 0. The first kappa shape index (κ1) is 32.6. The lowest BCUT2D eigenvalue weighted by molar-refractivity contribution is -0.146. The predicted octanol–water partition coefficient (Wildman–Crippen LogP) is -2.94. The van der Waals surface area contributed by atoms with Crippen molar-refractivity contribution in [2.75, 3.05) is 39.4 Å². The lowest BCUT2D eigenvalue weighted by Crippen LogP contribution is -2.58. The van der Waals surface area contributed by atoms with E-state index in [0.717, 1.165) is 0 Å². The third-order valence-electron chi connectivity index (χ3n) is 6.66. The predicted molar refractivity (Wildman–Crippen MR) is 133 cm³/mol. The van der Waals surface area contributed by atoms with Crippen LogP contribution in [-0.2, 0) is 9.59 Å². The number of β-amino-alcohol motifs (C(OH)–C–C–N with tert-alkyl or cyclic N) is 2. The number of aliphatic hydroxyl groups excluding tert-OH is 6. The van der Waals surface area contributed by atoms with Crippen molar-refractivity contribution >= 4 is 11.8 Å². The molecule has 2 heterocycles. The Bertz CT molecular complexity index is 627. The van der Waals surface area contributed by atoms with Gasteiger partial charge in [-0.15, -0.1) is 0 Å². The average molecular weight is 521 g/mol. The molecule has 2 aliphatic heterocycles. The third kappa shape index (κ3) is 9.49. The molecule has 0 aromatic heterocycles. The monoisotopic (exact) mass is 520 g/mol. The van der Waals surface area contributed by atoms with Gasteiger partial charge in [-0.2, -0.15) is 0 Å². The van der Waals surface area contributed by atoms with Crippen LogP contribution in [0.4, 0.5) is 0 Å². The molecule has 12 nitrogen and oxygen atoms in total. The summed E-state index contributed by atoms with van der Waals surface area (Å²) in [6, 6.07) is -1.18. The highest BCUT2D eigenvalue weighted by Gasteiger charge is 2.38. The zero-order valence-electron chi connectivity index (χ0n) is 22.0. The molecule has 0 unspecified atom stereocenters. The first-order valence-electron chi connectivity index (χ1n) is 12.8. The maximum Gasteiger partial charge on any atom is 0.239 e. The minimum atomic E-state index is -1.02. The number of amides is 2. The van der Waals surface area contributed by atoms with Gasteiger partial charge >= 0.3 is 0 Å². The van der Waals surface area contributed by atoms with Gasteiger partial charge in [0.1, 0.15) is 0 Å². The van der Waals surface area contributed by atoms with Gasteiger partial charge in [-0.1, -0.05) is 27.7 Å². The first-order valence-corrected chi connectivity index (χ1v) is 12.8. The smallest absolute Gasteiger partial charge is 0.239 e. The van der Waals surface area contributed by atoms with E-state index in [0.29, 0.717) is 24.7 Å². The molecule has 0 spiro atoms. The number of hydrogen-bond donors (Lipinski definition) is 8. The lowest BCUT2D eigenvalue weighted by Gasteiger charge is -2.39. The number of nitrogens with zero attached hydrogens (tertiary/aromatic N) is 2. The summed E-state index contributed by atoms with van der Waals surface area (Å²) in [6.07, 6.45) is -2.85. The Morgan fingerprint density at radius 2 is 1.00 bits per heavy atom. The van der Waals surface area contributed by atoms with E-state index in [4.69, 9.17) is 21.7 Å². The molecule has 0 bridgehead atoms. The number of carbonyl (C=O) groups is 2. The third-order valence-corrected chi connectivity index (χ3v) is 6.66. The molecule has 0 aromatic rings. The molecule has 2 amide bonds. The van der Waals surface area contributed by atoms with Crippen LogP contribution in [0.1, 0.15) is 40.5 Å². The van der Waals surface area contributed by atoms with E-state index >= 15 is 0 Å². The molecule has 0 saturated carbocycles. The number of rotatable bonds is 8. The lowest BCUT2D eigenvalue weighted by atomic mass is 9.92. The Morgan fingerprint density at radius 3 is 1.25 bits per heavy atom. The second-order valence-electron chi connectivity index (χ2n) is 11.0. The fourth-order valence-corrected chi connectivity index (χ4v) is 4.60. The van der Waals surface area contributed by atoms with Crippen LogP contribution >= 0.6 is 0 Å². The maximum absolute atomic E-state index is 12.1. The number of nitrogens with two attached hydrogens (primary N) is 2. The largest absolute Gasteiger partial charge is 0.396 e. The van der Waals surface area contributed by atoms with Gasteiger partial charge in [-0.05, 0) is 24.7 Å². The minimum Gasteiger partial charge on any atom is -0.396 e. The number of carbonyl (C=O) groups excluding carboxylic acids is 2. The van der Waals surface area contributed by atoms with Crippen LogP contribution < -0.4 is 11.5 Å². The quantitative estimate of drug-likeness (QED) is 0.163. The Hall–Kier alpha value is -1.38. The van der Waals surface area contributed by atoms with Crippen molar-refractivity contribution in [3.63, 3.8) is 0 Å². The zero-order chi connectivity index (χ0) is 27.7. The molecule has 2 rings (SSSR count). The standard InChI is InChI=1S/2C12H24N2O4/c2*1-7(2)3-9(13)12(18)14-4-8(6-15)11(17)10(16)5-14/h2*7-11,15-17H,3-6,13H2,1-2H3/t8-,9+,10-,11-;8-,9-,10-,11-/m11/s1. The number of hydrogen-bond acceptors (Lipinski definition) is 10. The summed E-state index contributed by atoms with van der Waals surface area (Å²) >= 11 is 0. The first-order chi connectivity index (χ1) is 16.7. The van der Waals surface area contributed by atoms with Gasteiger partial charge in [-0.3, -0.25) is 9.59 Å². The molecule has 0 radical (unpaired) electrons. The second kappa shape index (κ2) is 15.1. The Kier molecular flexibility index (Phi) is 13.7. The molecule has 12 heteroatoms. The van der Waals surface area contributed by atoms with Gasteiger partial charge in [0, 0.05) is 38.0 Å². The summed E-state index contributed by atoms with van der Waals surface area (Å²) in [6.45, 7) is 8.03. The van der Waals surface area contributed by atoms with Crippen molar-refractivity contribution in [1.29, 1.82) is 0 Å². The van der Waals surface area contributed by atoms with E-state index in [1.54, 1.807) is 0 Å². The number of aliphatic hydroxyl groups is 6. The molecule has 8 atom stereocenters. The molecule has 2 saturated heterocycles. The molecule has 0 aliphatic carbocycles. The number of likely N-dealkylation sites (tertiary alicyclic amines) is 2. The molecule has 212 valence electrons. The van der Waals surface area contributed by atoms with Crippen molar-refractivity contribution in [1.82, 2.24) is 9.80 Å². The van der Waals surface area contributed by atoms with Crippen molar-refractivity contribution < 1.29 is 40.2 Å². The van der Waals surface area contributed by atoms with E-state index < -0.39 is 48.3 Å². The second-order valence-corrected chi connectivity index (χ2v) is 11.0. The molecular weight excluding hydrogens is 472 g/mol. The van der Waals surface area contributed by atoms with Gasteiger partial charge in [0.15, 0.2) is 0 Å². The fraction of sp³-hybridized carbons (Fsp3) is 0.917. The summed E-state index contributed by atoms with van der Waals surface area (Å²) < 4.78 is 0. The van der Waals surface area contributed by atoms with Gasteiger partial charge in [0.05, 0.1) is 49.7 Å². The van der Waals surface area contributed by atoms with E-state index in [1.165, 1.54) is 9.80 Å². The minimum absolute atomic E-state index is 0.0717. The highest BCUT2D eigenvalue weighted by Crippen LogP contribution is 2.20. The van der Waals surface area contributed by atoms with Crippen LogP contribution in [0.15, 0.2) is 0 Å². The van der Waals surface area contributed by atoms with E-state index in [-0.39, 0.29) is 51.2 Å². The van der Waals surface area contributed by atoms with Crippen LogP contribution in [-0.4, -0.2) is 128 Å². The zero-order valence-corrected chi connectivity index (χ0v) is 22.0. The maximum atomic E-state index is 12.1. The Labute approximate surface area is 213 Å². The average Bonchev–Trinajstić information content (AvgIpc) is 2.80.